The molecular formula is C15H12BrClN2O2. The summed E-state index contributed by atoms with van der Waals surface area (Å²) in [5, 5.41) is 5.83. The molecule has 2 aromatic carbocycles. The van der Waals surface area contributed by atoms with E-state index in [9.17, 15) is 9.59 Å². The Balaban J connectivity index is 2.11. The van der Waals surface area contributed by atoms with Crippen LogP contribution in [0.25, 0.3) is 0 Å². The maximum atomic E-state index is 12.1. The number of nitrogens with one attached hydrogen (secondary N) is 2. The second-order valence-electron chi connectivity index (χ2n) is 4.34. The van der Waals surface area contributed by atoms with Crippen LogP contribution < -0.4 is 10.6 Å². The van der Waals surface area contributed by atoms with Crippen molar-refractivity contribution in [1.29, 1.82) is 0 Å². The van der Waals surface area contributed by atoms with Crippen LogP contribution in [0.2, 0.25) is 5.02 Å². The second-order valence-corrected chi connectivity index (χ2v) is 5.66. The van der Waals surface area contributed by atoms with Gasteiger partial charge in [-0.25, -0.2) is 0 Å². The van der Waals surface area contributed by atoms with Crippen molar-refractivity contribution < 1.29 is 9.59 Å². The lowest BCUT2D eigenvalue weighted by atomic mass is 10.2. The van der Waals surface area contributed by atoms with Crippen LogP contribution in [0, 0.1) is 0 Å². The van der Waals surface area contributed by atoms with E-state index in [0.717, 1.165) is 4.47 Å². The smallest absolute Gasteiger partial charge is 0.255 e. The molecule has 2 aromatic rings. The molecule has 21 heavy (non-hydrogen) atoms. The van der Waals surface area contributed by atoms with E-state index in [2.05, 4.69) is 26.6 Å². The molecule has 2 rings (SSSR count). The Bertz CT molecular complexity index is 687. The molecule has 108 valence electrons. The van der Waals surface area contributed by atoms with Crippen LogP contribution in [0.4, 0.5) is 11.4 Å². The molecule has 6 heteroatoms. The zero-order chi connectivity index (χ0) is 15.4. The minimum Gasteiger partial charge on any atom is -0.326 e. The Morgan fingerprint density at radius 1 is 1.05 bits per heavy atom. The van der Waals surface area contributed by atoms with E-state index in [-0.39, 0.29) is 11.8 Å². The fourth-order valence-corrected chi connectivity index (χ4v) is 2.41. The highest BCUT2D eigenvalue weighted by Gasteiger charge is 2.09. The molecule has 2 amide bonds. The number of benzene rings is 2. The van der Waals surface area contributed by atoms with Crippen molar-refractivity contribution in [3.05, 3.63) is 57.5 Å². The van der Waals surface area contributed by atoms with Crippen LogP contribution in [-0.4, -0.2) is 11.8 Å². The lowest BCUT2D eigenvalue weighted by Gasteiger charge is -2.08. The average molecular weight is 368 g/mol. The summed E-state index contributed by atoms with van der Waals surface area (Å²) in [4.78, 5) is 23.0. The van der Waals surface area contributed by atoms with Crippen LogP contribution in [0.3, 0.4) is 0 Å². The van der Waals surface area contributed by atoms with Crippen LogP contribution in [0.15, 0.2) is 46.9 Å². The minimum atomic E-state index is -0.270. The Labute approximate surface area is 135 Å². The van der Waals surface area contributed by atoms with E-state index >= 15 is 0 Å². The Morgan fingerprint density at radius 2 is 1.71 bits per heavy atom. The summed E-state index contributed by atoms with van der Waals surface area (Å²) in [6.07, 6.45) is 0. The maximum Gasteiger partial charge on any atom is 0.255 e. The van der Waals surface area contributed by atoms with Crippen LogP contribution in [-0.2, 0) is 4.79 Å². The second kappa shape index (κ2) is 6.74. The molecule has 0 saturated carbocycles. The molecule has 0 spiro atoms. The van der Waals surface area contributed by atoms with Crippen molar-refractivity contribution in [1.82, 2.24) is 0 Å². The molecule has 0 bridgehead atoms. The lowest BCUT2D eigenvalue weighted by molar-refractivity contribution is -0.114. The number of anilines is 2. The molecule has 0 heterocycles. The molecule has 0 unspecified atom stereocenters. The fourth-order valence-electron chi connectivity index (χ4n) is 1.69. The van der Waals surface area contributed by atoms with Crippen molar-refractivity contribution in [2.45, 2.75) is 6.92 Å². The quantitative estimate of drug-likeness (QED) is 0.849. The van der Waals surface area contributed by atoms with E-state index in [4.69, 9.17) is 11.6 Å². The summed E-state index contributed by atoms with van der Waals surface area (Å²) in [5.74, 6) is -0.428. The van der Waals surface area contributed by atoms with Gasteiger partial charge in [-0.1, -0.05) is 27.5 Å². The highest BCUT2D eigenvalue weighted by molar-refractivity contribution is 9.10. The first kappa shape index (κ1) is 15.5. The highest BCUT2D eigenvalue weighted by Crippen LogP contribution is 2.26. The number of halogens is 2. The fraction of sp³-hybridized carbons (Fsp3) is 0.0667. The largest absolute Gasteiger partial charge is 0.326 e. The summed E-state index contributed by atoms with van der Waals surface area (Å²) in [7, 11) is 0. The third-order valence-electron chi connectivity index (χ3n) is 2.65. The first-order chi connectivity index (χ1) is 9.95. The topological polar surface area (TPSA) is 58.2 Å². The van der Waals surface area contributed by atoms with E-state index in [1.807, 2.05) is 0 Å². The molecule has 0 radical (unpaired) electrons. The first-order valence-corrected chi connectivity index (χ1v) is 7.27. The summed E-state index contributed by atoms with van der Waals surface area (Å²) >= 11 is 9.35. The zero-order valence-corrected chi connectivity index (χ0v) is 13.5. The van der Waals surface area contributed by atoms with Gasteiger partial charge in [-0.05, 0) is 42.5 Å². The standard InChI is InChI=1S/C15H12BrClN2O2/c1-9(20)18-12-5-2-10(3-6-12)15(21)19-14-7-4-11(16)8-13(14)17/h2-8H,1H3,(H,18,20)(H,19,21). The number of hydrogen-bond acceptors (Lipinski definition) is 2. The third-order valence-corrected chi connectivity index (χ3v) is 3.45. The van der Waals surface area contributed by atoms with Gasteiger partial charge in [-0.15, -0.1) is 0 Å². The Kier molecular flexibility index (Phi) is 4.98. The Hall–Kier alpha value is -1.85. The highest BCUT2D eigenvalue weighted by atomic mass is 79.9. The zero-order valence-electron chi connectivity index (χ0n) is 11.1. The first-order valence-electron chi connectivity index (χ1n) is 6.10. The number of rotatable bonds is 3. The normalized spacial score (nSPS) is 10.0. The Morgan fingerprint density at radius 3 is 2.29 bits per heavy atom. The number of amides is 2. The number of hydrogen-bond donors (Lipinski definition) is 2. The van der Waals surface area contributed by atoms with Crippen molar-refractivity contribution in [3.63, 3.8) is 0 Å². The maximum absolute atomic E-state index is 12.1. The van der Waals surface area contributed by atoms with E-state index in [1.165, 1.54) is 6.92 Å². The van der Waals surface area contributed by atoms with Crippen molar-refractivity contribution in [2.75, 3.05) is 10.6 Å². The van der Waals surface area contributed by atoms with Crippen molar-refractivity contribution in [3.8, 4) is 0 Å². The van der Waals surface area contributed by atoms with E-state index in [0.29, 0.717) is 22.0 Å². The van der Waals surface area contributed by atoms with Gasteiger partial charge in [0.05, 0.1) is 10.7 Å². The molecule has 4 nitrogen and oxygen atoms in total. The van der Waals surface area contributed by atoms with Gasteiger partial charge in [0.1, 0.15) is 0 Å². The van der Waals surface area contributed by atoms with Gasteiger partial charge in [0.25, 0.3) is 5.91 Å². The molecule has 2 N–H and O–H groups in total. The SMILES string of the molecule is CC(=O)Nc1ccc(C(=O)Nc2ccc(Br)cc2Cl)cc1. The van der Waals surface area contributed by atoms with Gasteiger partial charge in [0.15, 0.2) is 0 Å². The summed E-state index contributed by atoms with van der Waals surface area (Å²) in [6, 6.07) is 11.8. The lowest BCUT2D eigenvalue weighted by Crippen LogP contribution is -2.12. The predicted octanol–water partition coefficient (Wildman–Crippen LogP) is 4.31. The molecule has 0 aliphatic heterocycles. The molecular weight excluding hydrogens is 356 g/mol. The molecule has 0 aliphatic carbocycles. The van der Waals surface area contributed by atoms with Gasteiger partial charge in [0, 0.05) is 22.6 Å². The third kappa shape index (κ3) is 4.31. The van der Waals surface area contributed by atoms with Gasteiger partial charge in [-0.2, -0.15) is 0 Å². The number of carbonyl (C=O) groups is 2. The summed E-state index contributed by atoms with van der Waals surface area (Å²) < 4.78 is 0.838. The van der Waals surface area contributed by atoms with Crippen LogP contribution in [0.5, 0.6) is 0 Å². The van der Waals surface area contributed by atoms with E-state index < -0.39 is 0 Å². The summed E-state index contributed by atoms with van der Waals surface area (Å²) in [5.41, 5.74) is 1.65. The van der Waals surface area contributed by atoms with Gasteiger partial charge in [0.2, 0.25) is 5.91 Å². The van der Waals surface area contributed by atoms with Crippen LogP contribution >= 0.6 is 27.5 Å². The van der Waals surface area contributed by atoms with Crippen LogP contribution in [0.1, 0.15) is 17.3 Å². The average Bonchev–Trinajstić information content (AvgIpc) is 2.42. The molecule has 0 aromatic heterocycles. The van der Waals surface area contributed by atoms with Gasteiger partial charge < -0.3 is 10.6 Å². The molecule has 0 saturated heterocycles. The minimum absolute atomic E-state index is 0.158. The molecule has 0 fully saturated rings. The van der Waals surface area contributed by atoms with Crippen molar-refractivity contribution in [2.24, 2.45) is 0 Å². The number of carbonyl (C=O) groups excluding carboxylic acids is 2. The summed E-state index contributed by atoms with van der Waals surface area (Å²) in [6.45, 7) is 1.43. The van der Waals surface area contributed by atoms with Gasteiger partial charge >= 0.3 is 0 Å². The molecule has 0 aliphatic rings. The van der Waals surface area contributed by atoms with E-state index in [1.54, 1.807) is 42.5 Å². The van der Waals surface area contributed by atoms with Gasteiger partial charge in [-0.3, -0.25) is 9.59 Å². The van der Waals surface area contributed by atoms with Crippen molar-refractivity contribution >= 4 is 50.7 Å². The monoisotopic (exact) mass is 366 g/mol. The molecule has 0 atom stereocenters. The predicted molar refractivity (Wildman–Crippen MR) is 87.9 cm³/mol.